The van der Waals surface area contributed by atoms with Gasteiger partial charge in [-0.1, -0.05) is 6.07 Å². The second-order valence-corrected chi connectivity index (χ2v) is 8.39. The molecular formula is C17H21N5O4S. The minimum absolute atomic E-state index is 0.146. The number of amides is 1. The van der Waals surface area contributed by atoms with Crippen molar-refractivity contribution in [3.05, 3.63) is 41.2 Å². The Morgan fingerprint density at radius 3 is 2.89 bits per heavy atom. The van der Waals surface area contributed by atoms with Gasteiger partial charge in [0.05, 0.1) is 18.1 Å². The van der Waals surface area contributed by atoms with Crippen molar-refractivity contribution < 1.29 is 17.9 Å². The molecule has 0 unspecified atom stereocenters. The Labute approximate surface area is 157 Å². The van der Waals surface area contributed by atoms with Crippen molar-refractivity contribution in [2.75, 3.05) is 38.2 Å². The van der Waals surface area contributed by atoms with Crippen molar-refractivity contribution >= 4 is 21.6 Å². The molecule has 3 N–H and O–H groups in total. The normalized spacial score (nSPS) is 18.1. The Morgan fingerprint density at radius 2 is 2.07 bits per heavy atom. The van der Waals surface area contributed by atoms with Crippen LogP contribution in [-0.2, 0) is 27.7 Å². The van der Waals surface area contributed by atoms with Crippen molar-refractivity contribution in [3.63, 3.8) is 0 Å². The largest absolute Gasteiger partial charge is 0.379 e. The standard InChI is InChI=1S/C17H21N5O4S/c23-17(16-14-11-18-5-4-15(14)20-21-16)19-12-2-1-3-13(10-12)27(24,25)22-6-8-26-9-7-22/h1-3,10,18H,4-9,11H2,(H,19,23)(H,20,21). The number of H-pyrrole nitrogens is 1. The number of sulfonamides is 1. The van der Waals surface area contributed by atoms with E-state index >= 15 is 0 Å². The molecule has 0 radical (unpaired) electrons. The molecule has 2 aromatic rings. The van der Waals surface area contributed by atoms with Crippen LogP contribution in [0.3, 0.4) is 0 Å². The van der Waals surface area contributed by atoms with Crippen LogP contribution in [0.5, 0.6) is 0 Å². The average Bonchev–Trinajstić information content (AvgIpc) is 3.13. The lowest BCUT2D eigenvalue weighted by Crippen LogP contribution is -2.40. The number of nitrogens with zero attached hydrogens (tertiary/aromatic N) is 2. The maximum atomic E-state index is 12.8. The number of ether oxygens (including phenoxy) is 1. The van der Waals surface area contributed by atoms with Crippen LogP contribution in [0.4, 0.5) is 5.69 Å². The molecule has 1 aromatic heterocycles. The number of benzene rings is 1. The van der Waals surface area contributed by atoms with E-state index in [1.165, 1.54) is 16.4 Å². The van der Waals surface area contributed by atoms with Crippen LogP contribution < -0.4 is 10.6 Å². The highest BCUT2D eigenvalue weighted by Gasteiger charge is 2.27. The van der Waals surface area contributed by atoms with E-state index in [0.29, 0.717) is 44.2 Å². The molecule has 4 rings (SSSR count). The van der Waals surface area contributed by atoms with E-state index in [-0.39, 0.29) is 10.8 Å². The molecule has 0 saturated carbocycles. The maximum absolute atomic E-state index is 12.8. The quantitative estimate of drug-likeness (QED) is 0.692. The Kier molecular flexibility index (Phi) is 4.96. The minimum atomic E-state index is -3.62. The second kappa shape index (κ2) is 7.39. The third-order valence-corrected chi connectivity index (χ3v) is 6.62. The summed E-state index contributed by atoms with van der Waals surface area (Å²) in [6.45, 7) is 2.84. The molecule has 27 heavy (non-hydrogen) atoms. The van der Waals surface area contributed by atoms with Crippen LogP contribution in [0, 0.1) is 0 Å². The number of hydrogen-bond donors (Lipinski definition) is 3. The van der Waals surface area contributed by atoms with Crippen molar-refractivity contribution in [1.82, 2.24) is 19.8 Å². The summed E-state index contributed by atoms with van der Waals surface area (Å²) in [5.41, 5.74) is 2.56. The highest BCUT2D eigenvalue weighted by Crippen LogP contribution is 2.22. The van der Waals surface area contributed by atoms with Gasteiger partial charge in [-0.25, -0.2) is 8.42 Å². The van der Waals surface area contributed by atoms with Gasteiger partial charge in [-0.3, -0.25) is 9.89 Å². The van der Waals surface area contributed by atoms with E-state index in [1.54, 1.807) is 12.1 Å². The number of fused-ring (bicyclic) bond motifs is 1. The minimum Gasteiger partial charge on any atom is -0.379 e. The number of aromatic nitrogens is 2. The van der Waals surface area contributed by atoms with E-state index in [9.17, 15) is 13.2 Å². The Balaban J connectivity index is 1.54. The number of nitrogens with one attached hydrogen (secondary N) is 3. The first kappa shape index (κ1) is 18.1. The van der Waals surface area contributed by atoms with E-state index in [1.807, 2.05) is 0 Å². The van der Waals surface area contributed by atoms with E-state index in [2.05, 4.69) is 20.8 Å². The summed E-state index contributed by atoms with van der Waals surface area (Å²) in [7, 11) is -3.62. The monoisotopic (exact) mass is 391 g/mol. The Hall–Kier alpha value is -2.27. The summed E-state index contributed by atoms with van der Waals surface area (Å²) in [5, 5.41) is 13.0. The molecule has 2 aliphatic heterocycles. The zero-order chi connectivity index (χ0) is 18.9. The van der Waals surface area contributed by atoms with Crippen molar-refractivity contribution in [1.29, 1.82) is 0 Å². The lowest BCUT2D eigenvalue weighted by molar-refractivity contribution is 0.0730. The van der Waals surface area contributed by atoms with Gasteiger partial charge in [0, 0.05) is 49.5 Å². The first-order valence-electron chi connectivity index (χ1n) is 8.82. The van der Waals surface area contributed by atoms with Gasteiger partial charge < -0.3 is 15.4 Å². The van der Waals surface area contributed by atoms with Crippen LogP contribution >= 0.6 is 0 Å². The predicted octanol–water partition coefficient (Wildman–Crippen LogP) is 0.329. The molecule has 0 bridgehead atoms. The number of carbonyl (C=O) groups excluding carboxylic acids is 1. The smallest absolute Gasteiger partial charge is 0.276 e. The number of carbonyl (C=O) groups is 1. The lowest BCUT2D eigenvalue weighted by atomic mass is 10.1. The van der Waals surface area contributed by atoms with Crippen molar-refractivity contribution in [2.24, 2.45) is 0 Å². The predicted molar refractivity (Wildman–Crippen MR) is 98.0 cm³/mol. The number of morpholine rings is 1. The van der Waals surface area contributed by atoms with E-state index < -0.39 is 10.0 Å². The zero-order valence-corrected chi connectivity index (χ0v) is 15.5. The molecule has 1 saturated heterocycles. The van der Waals surface area contributed by atoms with E-state index in [4.69, 9.17) is 4.74 Å². The van der Waals surface area contributed by atoms with Crippen molar-refractivity contribution in [3.8, 4) is 0 Å². The van der Waals surface area contributed by atoms with E-state index in [0.717, 1.165) is 24.2 Å². The summed E-state index contributed by atoms with van der Waals surface area (Å²) in [6.07, 6.45) is 0.795. The van der Waals surface area contributed by atoms with Gasteiger partial charge in [-0.15, -0.1) is 0 Å². The first-order valence-corrected chi connectivity index (χ1v) is 10.3. The molecule has 1 aromatic carbocycles. The maximum Gasteiger partial charge on any atom is 0.276 e. The molecule has 10 heteroatoms. The van der Waals surface area contributed by atoms with Crippen LogP contribution in [0.15, 0.2) is 29.2 Å². The number of aromatic amines is 1. The van der Waals surface area contributed by atoms with Gasteiger partial charge in [0.2, 0.25) is 10.0 Å². The van der Waals surface area contributed by atoms with Crippen LogP contribution in [-0.4, -0.2) is 61.7 Å². The van der Waals surface area contributed by atoms with Gasteiger partial charge in [0.1, 0.15) is 0 Å². The summed E-state index contributed by atoms with van der Waals surface area (Å²) < 4.78 is 32.2. The Bertz CT molecular complexity index is 950. The topological polar surface area (TPSA) is 116 Å². The molecule has 0 aliphatic carbocycles. The fourth-order valence-electron chi connectivity index (χ4n) is 3.27. The first-order chi connectivity index (χ1) is 13.1. The average molecular weight is 391 g/mol. The summed E-state index contributed by atoms with van der Waals surface area (Å²) in [5.74, 6) is -0.364. The Morgan fingerprint density at radius 1 is 1.26 bits per heavy atom. The fourth-order valence-corrected chi connectivity index (χ4v) is 4.73. The lowest BCUT2D eigenvalue weighted by Gasteiger charge is -2.26. The van der Waals surface area contributed by atoms with Crippen molar-refractivity contribution in [2.45, 2.75) is 17.9 Å². The highest BCUT2D eigenvalue weighted by molar-refractivity contribution is 7.89. The number of anilines is 1. The SMILES string of the molecule is O=C(Nc1cccc(S(=O)(=O)N2CCOCC2)c1)c1n[nH]c2c1CNCC2. The molecule has 1 amide bonds. The number of rotatable bonds is 4. The third kappa shape index (κ3) is 3.61. The summed E-state index contributed by atoms with van der Waals surface area (Å²) in [6, 6.07) is 6.28. The fraction of sp³-hybridized carbons (Fsp3) is 0.412. The van der Waals surface area contributed by atoms with Crippen LogP contribution in [0.25, 0.3) is 0 Å². The molecule has 2 aliphatic rings. The van der Waals surface area contributed by atoms with Gasteiger partial charge in [-0.05, 0) is 18.2 Å². The molecule has 9 nitrogen and oxygen atoms in total. The molecular weight excluding hydrogens is 370 g/mol. The third-order valence-electron chi connectivity index (χ3n) is 4.72. The van der Waals surface area contributed by atoms with Gasteiger partial charge in [-0.2, -0.15) is 9.40 Å². The molecule has 0 spiro atoms. The summed E-state index contributed by atoms with van der Waals surface area (Å²) >= 11 is 0. The summed E-state index contributed by atoms with van der Waals surface area (Å²) in [4.78, 5) is 12.8. The molecule has 0 atom stereocenters. The highest BCUT2D eigenvalue weighted by atomic mass is 32.2. The van der Waals surface area contributed by atoms with Gasteiger partial charge >= 0.3 is 0 Å². The molecule has 3 heterocycles. The molecule has 144 valence electrons. The number of hydrogen-bond acceptors (Lipinski definition) is 6. The second-order valence-electron chi connectivity index (χ2n) is 6.45. The van der Waals surface area contributed by atoms with Gasteiger partial charge in [0.25, 0.3) is 5.91 Å². The zero-order valence-electron chi connectivity index (χ0n) is 14.7. The van der Waals surface area contributed by atoms with Crippen LogP contribution in [0.1, 0.15) is 21.7 Å². The van der Waals surface area contributed by atoms with Gasteiger partial charge in [0.15, 0.2) is 5.69 Å². The van der Waals surface area contributed by atoms with Crippen LogP contribution in [0.2, 0.25) is 0 Å². The molecule has 1 fully saturated rings.